The van der Waals surface area contributed by atoms with Crippen molar-refractivity contribution in [3.63, 3.8) is 0 Å². The molecule has 2 aromatic carbocycles. The van der Waals surface area contributed by atoms with Gasteiger partial charge in [0.25, 0.3) is 5.56 Å². The maximum Gasteiger partial charge on any atom is 0.252 e. The maximum atomic E-state index is 13.0. The van der Waals surface area contributed by atoms with E-state index >= 15 is 0 Å². The summed E-state index contributed by atoms with van der Waals surface area (Å²) < 4.78 is 1.90. The van der Waals surface area contributed by atoms with Crippen molar-refractivity contribution in [2.75, 3.05) is 0 Å². The Kier molecular flexibility index (Phi) is 6.42. The Morgan fingerprint density at radius 3 is 2.52 bits per heavy atom. The standard InChI is InChI=1S/C26H32N6O/c1-6-23(24-28-29-30-32(24)26(3,4)5)31(16-19-10-8-7-9-11-19)17-21-15-20-13-12-18(2)14-22(20)27-25(21)33/h7-15,23H,6,16-17H2,1-5H3,(H,27,33)/t23-/m0/s1. The molecule has 0 unspecified atom stereocenters. The molecule has 0 bridgehead atoms. The molecule has 4 aromatic rings. The first-order valence-corrected chi connectivity index (χ1v) is 11.5. The van der Waals surface area contributed by atoms with Gasteiger partial charge in [-0.05, 0) is 73.2 Å². The van der Waals surface area contributed by atoms with Crippen LogP contribution >= 0.6 is 0 Å². The quantitative estimate of drug-likeness (QED) is 0.446. The zero-order chi connectivity index (χ0) is 23.6. The molecule has 0 aliphatic heterocycles. The van der Waals surface area contributed by atoms with E-state index in [-0.39, 0.29) is 17.1 Å². The number of aromatic nitrogens is 5. The van der Waals surface area contributed by atoms with E-state index in [0.29, 0.717) is 13.1 Å². The van der Waals surface area contributed by atoms with Gasteiger partial charge in [-0.3, -0.25) is 9.69 Å². The van der Waals surface area contributed by atoms with Gasteiger partial charge in [-0.25, -0.2) is 4.68 Å². The van der Waals surface area contributed by atoms with Crippen LogP contribution in [0, 0.1) is 6.92 Å². The Bertz CT molecular complexity index is 1290. The number of tetrazole rings is 1. The number of aromatic amines is 1. The summed E-state index contributed by atoms with van der Waals surface area (Å²) in [7, 11) is 0. The lowest BCUT2D eigenvalue weighted by Gasteiger charge is -2.32. The van der Waals surface area contributed by atoms with Crippen LogP contribution in [0.4, 0.5) is 0 Å². The fourth-order valence-corrected chi connectivity index (χ4v) is 4.27. The number of benzene rings is 2. The number of H-pyrrole nitrogens is 1. The van der Waals surface area contributed by atoms with Gasteiger partial charge in [0.05, 0.1) is 11.6 Å². The van der Waals surface area contributed by atoms with Gasteiger partial charge in [-0.2, -0.15) is 0 Å². The summed E-state index contributed by atoms with van der Waals surface area (Å²) in [5.41, 5.74) is 3.59. The maximum absolute atomic E-state index is 13.0. The van der Waals surface area contributed by atoms with Crippen LogP contribution in [0.15, 0.2) is 59.4 Å². The molecule has 7 heteroatoms. The first-order chi connectivity index (χ1) is 15.8. The molecule has 0 amide bonds. The van der Waals surface area contributed by atoms with Crippen LogP contribution in [-0.2, 0) is 18.6 Å². The monoisotopic (exact) mass is 444 g/mol. The van der Waals surface area contributed by atoms with E-state index < -0.39 is 0 Å². The van der Waals surface area contributed by atoms with Crippen molar-refractivity contribution in [3.05, 3.63) is 87.5 Å². The normalized spacial score (nSPS) is 13.0. The summed E-state index contributed by atoms with van der Waals surface area (Å²) in [5, 5.41) is 13.7. The zero-order valence-electron chi connectivity index (χ0n) is 20.0. The fraction of sp³-hybridized carbons (Fsp3) is 0.385. The Balaban J connectivity index is 1.76. The van der Waals surface area contributed by atoms with Crippen molar-refractivity contribution in [3.8, 4) is 0 Å². The molecule has 7 nitrogen and oxygen atoms in total. The van der Waals surface area contributed by atoms with Crippen molar-refractivity contribution < 1.29 is 0 Å². The van der Waals surface area contributed by atoms with Crippen molar-refractivity contribution in [1.29, 1.82) is 0 Å². The lowest BCUT2D eigenvalue weighted by Crippen LogP contribution is -2.35. The molecule has 33 heavy (non-hydrogen) atoms. The number of rotatable bonds is 7. The Hall–Kier alpha value is -3.32. The number of nitrogens with one attached hydrogen (secondary N) is 1. The van der Waals surface area contributed by atoms with Crippen molar-refractivity contribution in [1.82, 2.24) is 30.1 Å². The minimum absolute atomic E-state index is 0.0486. The topological polar surface area (TPSA) is 79.7 Å². The van der Waals surface area contributed by atoms with Gasteiger partial charge < -0.3 is 4.98 Å². The summed E-state index contributed by atoms with van der Waals surface area (Å²) in [6, 6.07) is 18.4. The summed E-state index contributed by atoms with van der Waals surface area (Å²) in [4.78, 5) is 18.4. The van der Waals surface area contributed by atoms with Gasteiger partial charge in [0.1, 0.15) is 0 Å². The zero-order valence-corrected chi connectivity index (χ0v) is 20.0. The minimum atomic E-state index is -0.247. The number of pyridine rings is 1. The van der Waals surface area contributed by atoms with E-state index in [9.17, 15) is 4.79 Å². The average molecular weight is 445 g/mol. The highest BCUT2D eigenvalue weighted by Crippen LogP contribution is 2.29. The first kappa shape index (κ1) is 22.9. The second-order valence-electron chi connectivity index (χ2n) is 9.65. The molecular weight excluding hydrogens is 412 g/mol. The van der Waals surface area contributed by atoms with Gasteiger partial charge in [-0.15, -0.1) is 5.10 Å². The average Bonchev–Trinajstić information content (AvgIpc) is 3.26. The van der Waals surface area contributed by atoms with Crippen LogP contribution in [0.5, 0.6) is 0 Å². The van der Waals surface area contributed by atoms with Gasteiger partial charge in [0, 0.05) is 24.2 Å². The third-order valence-corrected chi connectivity index (χ3v) is 5.93. The van der Waals surface area contributed by atoms with Gasteiger partial charge in [0.15, 0.2) is 5.82 Å². The van der Waals surface area contributed by atoms with E-state index in [2.05, 4.69) is 77.4 Å². The number of nitrogens with zero attached hydrogens (tertiary/aromatic N) is 5. The molecule has 2 aromatic heterocycles. The number of hydrogen-bond donors (Lipinski definition) is 1. The molecule has 0 aliphatic carbocycles. The molecule has 0 saturated carbocycles. The molecule has 172 valence electrons. The lowest BCUT2D eigenvalue weighted by atomic mass is 10.0. The third-order valence-electron chi connectivity index (χ3n) is 5.93. The van der Waals surface area contributed by atoms with Gasteiger partial charge in [-0.1, -0.05) is 49.4 Å². The Labute approximate surface area is 194 Å². The van der Waals surface area contributed by atoms with Crippen molar-refractivity contribution >= 4 is 10.9 Å². The van der Waals surface area contributed by atoms with Crippen molar-refractivity contribution in [2.24, 2.45) is 0 Å². The molecule has 0 fully saturated rings. The van der Waals surface area contributed by atoms with E-state index in [4.69, 9.17) is 0 Å². The van der Waals surface area contributed by atoms with Crippen LogP contribution < -0.4 is 5.56 Å². The third kappa shape index (κ3) is 5.03. The number of aryl methyl sites for hydroxylation is 1. The Morgan fingerprint density at radius 2 is 1.82 bits per heavy atom. The van der Waals surface area contributed by atoms with E-state index in [1.54, 1.807) is 0 Å². The summed E-state index contributed by atoms with van der Waals surface area (Å²) in [6.07, 6.45) is 0.813. The summed E-state index contributed by atoms with van der Waals surface area (Å²) in [5.74, 6) is 0.814. The van der Waals surface area contributed by atoms with Crippen LogP contribution in [0.25, 0.3) is 10.9 Å². The SMILES string of the molecule is CC[C@@H](c1nnnn1C(C)(C)C)N(Cc1ccccc1)Cc1cc2ccc(C)cc2[nH]c1=O. The van der Waals surface area contributed by atoms with E-state index in [1.807, 2.05) is 41.9 Å². The number of hydrogen-bond acceptors (Lipinski definition) is 5. The second-order valence-corrected chi connectivity index (χ2v) is 9.65. The molecule has 1 N–H and O–H groups in total. The molecule has 0 spiro atoms. The van der Waals surface area contributed by atoms with Crippen LogP contribution in [0.3, 0.4) is 0 Å². The molecule has 1 atom stereocenters. The van der Waals surface area contributed by atoms with Crippen LogP contribution in [-0.4, -0.2) is 30.1 Å². The van der Waals surface area contributed by atoms with Crippen LogP contribution in [0.2, 0.25) is 0 Å². The molecule has 2 heterocycles. The fourth-order valence-electron chi connectivity index (χ4n) is 4.27. The van der Waals surface area contributed by atoms with E-state index in [1.165, 1.54) is 5.56 Å². The molecule has 4 rings (SSSR count). The second kappa shape index (κ2) is 9.27. The highest BCUT2D eigenvalue weighted by atomic mass is 16.1. The van der Waals surface area contributed by atoms with Gasteiger partial charge >= 0.3 is 0 Å². The predicted molar refractivity (Wildman–Crippen MR) is 131 cm³/mol. The minimum Gasteiger partial charge on any atom is -0.322 e. The largest absolute Gasteiger partial charge is 0.322 e. The molecule has 0 aliphatic rings. The summed E-state index contributed by atoms with van der Waals surface area (Å²) in [6.45, 7) is 11.6. The Morgan fingerprint density at radius 1 is 1.06 bits per heavy atom. The smallest absolute Gasteiger partial charge is 0.252 e. The summed E-state index contributed by atoms with van der Waals surface area (Å²) >= 11 is 0. The molecule has 0 saturated heterocycles. The van der Waals surface area contributed by atoms with Crippen LogP contribution in [0.1, 0.15) is 62.7 Å². The predicted octanol–water partition coefficient (Wildman–Crippen LogP) is 4.73. The molecular formula is C26H32N6O. The van der Waals surface area contributed by atoms with E-state index in [0.717, 1.165) is 34.3 Å². The number of fused-ring (bicyclic) bond motifs is 1. The molecule has 0 radical (unpaired) electrons. The van der Waals surface area contributed by atoms with Gasteiger partial charge in [0.2, 0.25) is 0 Å². The lowest BCUT2D eigenvalue weighted by molar-refractivity contribution is 0.153. The first-order valence-electron chi connectivity index (χ1n) is 11.5. The highest BCUT2D eigenvalue weighted by molar-refractivity contribution is 5.79. The van der Waals surface area contributed by atoms with Crippen molar-refractivity contribution in [2.45, 2.75) is 65.7 Å². The highest BCUT2D eigenvalue weighted by Gasteiger charge is 2.29.